The topological polar surface area (TPSA) is 89.2 Å². The summed E-state index contributed by atoms with van der Waals surface area (Å²) >= 11 is 0. The van der Waals surface area contributed by atoms with E-state index in [0.29, 0.717) is 35.0 Å². The zero-order valence-corrected chi connectivity index (χ0v) is 20.2. The van der Waals surface area contributed by atoms with E-state index in [0.717, 1.165) is 5.56 Å². The standard InChI is InChI=1S/C30H25NO6/c1-35-23-12-6-11-22(17-23)28(32)26-27(31(30(34)29(26)33)18-25-14-7-15-36-25)21-10-5-13-24(16-21)37-19-20-8-3-2-4-9-20/h2-17,27,32H,18-19H2,1H3/b28-26-. The Labute approximate surface area is 214 Å². The van der Waals surface area contributed by atoms with Crippen LogP contribution in [-0.4, -0.2) is 28.8 Å². The third-order valence-corrected chi connectivity index (χ3v) is 6.21. The van der Waals surface area contributed by atoms with Crippen LogP contribution in [0.25, 0.3) is 5.76 Å². The van der Waals surface area contributed by atoms with Crippen molar-refractivity contribution < 1.29 is 28.6 Å². The minimum absolute atomic E-state index is 0.00924. The number of methoxy groups -OCH3 is 1. The molecular weight excluding hydrogens is 470 g/mol. The van der Waals surface area contributed by atoms with E-state index in [-0.39, 0.29) is 17.9 Å². The van der Waals surface area contributed by atoms with Crippen molar-refractivity contribution in [2.24, 2.45) is 0 Å². The summed E-state index contributed by atoms with van der Waals surface area (Å²) in [6.07, 6.45) is 1.51. The Hall–Kier alpha value is -4.78. The molecule has 1 fully saturated rings. The zero-order valence-electron chi connectivity index (χ0n) is 20.2. The lowest BCUT2D eigenvalue weighted by Gasteiger charge is -2.25. The molecule has 1 N–H and O–H groups in total. The number of ketones is 1. The van der Waals surface area contributed by atoms with E-state index in [4.69, 9.17) is 13.9 Å². The Kier molecular flexibility index (Phi) is 6.76. The molecule has 0 saturated carbocycles. The van der Waals surface area contributed by atoms with Gasteiger partial charge in [0.15, 0.2) is 0 Å². The summed E-state index contributed by atoms with van der Waals surface area (Å²) in [6.45, 7) is 0.424. The molecule has 1 aliphatic heterocycles. The molecule has 1 aromatic heterocycles. The maximum absolute atomic E-state index is 13.3. The second kappa shape index (κ2) is 10.5. The van der Waals surface area contributed by atoms with E-state index in [1.165, 1.54) is 18.3 Å². The lowest BCUT2D eigenvalue weighted by molar-refractivity contribution is -0.140. The van der Waals surface area contributed by atoms with Gasteiger partial charge in [-0.15, -0.1) is 0 Å². The number of nitrogens with zero attached hydrogens (tertiary/aromatic N) is 1. The monoisotopic (exact) mass is 495 g/mol. The zero-order chi connectivity index (χ0) is 25.8. The lowest BCUT2D eigenvalue weighted by Crippen LogP contribution is -2.29. The molecule has 37 heavy (non-hydrogen) atoms. The summed E-state index contributed by atoms with van der Waals surface area (Å²) in [6, 6.07) is 26.3. The summed E-state index contributed by atoms with van der Waals surface area (Å²) in [5.41, 5.74) is 2.00. The molecule has 1 saturated heterocycles. The lowest BCUT2D eigenvalue weighted by atomic mass is 9.95. The fraction of sp³-hybridized carbons (Fsp3) is 0.133. The number of rotatable bonds is 8. The Morgan fingerprint density at radius 3 is 2.46 bits per heavy atom. The van der Waals surface area contributed by atoms with Crippen molar-refractivity contribution in [3.63, 3.8) is 0 Å². The number of aliphatic hydroxyl groups excluding tert-OH is 1. The van der Waals surface area contributed by atoms with Gasteiger partial charge in [-0.25, -0.2) is 0 Å². The highest BCUT2D eigenvalue weighted by atomic mass is 16.5. The second-order valence-corrected chi connectivity index (χ2v) is 8.59. The third-order valence-electron chi connectivity index (χ3n) is 6.21. The first-order valence-corrected chi connectivity index (χ1v) is 11.8. The molecule has 0 bridgehead atoms. The number of aliphatic hydroxyl groups is 1. The van der Waals surface area contributed by atoms with Crippen molar-refractivity contribution in [2.45, 2.75) is 19.2 Å². The number of amides is 1. The van der Waals surface area contributed by atoms with Gasteiger partial charge in [0.25, 0.3) is 11.7 Å². The summed E-state index contributed by atoms with van der Waals surface area (Å²) in [5.74, 6) is -0.161. The van der Waals surface area contributed by atoms with E-state index in [2.05, 4.69) is 0 Å². The van der Waals surface area contributed by atoms with E-state index in [9.17, 15) is 14.7 Å². The summed E-state index contributed by atoms with van der Waals surface area (Å²) in [5, 5.41) is 11.3. The van der Waals surface area contributed by atoms with Crippen molar-refractivity contribution in [2.75, 3.05) is 7.11 Å². The second-order valence-electron chi connectivity index (χ2n) is 8.59. The molecule has 3 aromatic carbocycles. The number of carbonyl (C=O) groups excluding carboxylic acids is 2. The first-order chi connectivity index (χ1) is 18.0. The van der Waals surface area contributed by atoms with Crippen LogP contribution in [-0.2, 0) is 22.7 Å². The number of carbonyl (C=O) groups is 2. The fourth-order valence-electron chi connectivity index (χ4n) is 4.40. The molecule has 0 spiro atoms. The van der Waals surface area contributed by atoms with Gasteiger partial charge >= 0.3 is 0 Å². The normalized spacial score (nSPS) is 16.7. The van der Waals surface area contributed by atoms with Crippen LogP contribution in [0, 0.1) is 0 Å². The highest BCUT2D eigenvalue weighted by molar-refractivity contribution is 6.46. The third kappa shape index (κ3) is 4.97. The van der Waals surface area contributed by atoms with E-state index in [1.54, 1.807) is 54.6 Å². The minimum atomic E-state index is -0.850. The van der Waals surface area contributed by atoms with Gasteiger partial charge in [0, 0.05) is 5.56 Å². The van der Waals surface area contributed by atoms with Gasteiger partial charge in [0.2, 0.25) is 0 Å². The minimum Gasteiger partial charge on any atom is -0.507 e. The van der Waals surface area contributed by atoms with Crippen LogP contribution in [0.1, 0.15) is 28.5 Å². The predicted octanol–water partition coefficient (Wildman–Crippen LogP) is 5.49. The summed E-state index contributed by atoms with van der Waals surface area (Å²) in [7, 11) is 1.52. The first-order valence-electron chi connectivity index (χ1n) is 11.8. The smallest absolute Gasteiger partial charge is 0.296 e. The predicted molar refractivity (Wildman–Crippen MR) is 137 cm³/mol. The molecule has 7 nitrogen and oxygen atoms in total. The number of benzene rings is 3. The molecular formula is C30H25NO6. The summed E-state index contributed by atoms with van der Waals surface area (Å²) in [4.78, 5) is 27.9. The highest BCUT2D eigenvalue weighted by Crippen LogP contribution is 2.41. The molecule has 0 aliphatic carbocycles. The molecule has 1 aliphatic rings. The van der Waals surface area contributed by atoms with Crippen LogP contribution in [0.4, 0.5) is 0 Å². The highest BCUT2D eigenvalue weighted by Gasteiger charge is 2.46. The molecule has 1 atom stereocenters. The van der Waals surface area contributed by atoms with Crippen LogP contribution in [0.3, 0.4) is 0 Å². The van der Waals surface area contributed by atoms with Gasteiger partial charge in [-0.3, -0.25) is 9.59 Å². The molecule has 1 unspecified atom stereocenters. The van der Waals surface area contributed by atoms with E-state index in [1.807, 2.05) is 36.4 Å². The number of ether oxygens (including phenoxy) is 2. The van der Waals surface area contributed by atoms with E-state index >= 15 is 0 Å². The van der Waals surface area contributed by atoms with Gasteiger partial charge in [-0.2, -0.15) is 0 Å². The van der Waals surface area contributed by atoms with Crippen LogP contribution < -0.4 is 9.47 Å². The van der Waals surface area contributed by atoms with Gasteiger partial charge in [-0.1, -0.05) is 54.6 Å². The van der Waals surface area contributed by atoms with Gasteiger partial charge in [0.05, 0.1) is 31.5 Å². The van der Waals surface area contributed by atoms with Crippen molar-refractivity contribution in [3.05, 3.63) is 125 Å². The first kappa shape index (κ1) is 23.9. The van der Waals surface area contributed by atoms with Crippen molar-refractivity contribution in [1.29, 1.82) is 0 Å². The van der Waals surface area contributed by atoms with E-state index < -0.39 is 17.7 Å². The molecule has 5 rings (SSSR count). The van der Waals surface area contributed by atoms with Crippen LogP contribution in [0.5, 0.6) is 11.5 Å². The van der Waals surface area contributed by atoms with Gasteiger partial charge < -0.3 is 23.9 Å². The SMILES string of the molecule is COc1cccc(/C(O)=C2/C(=O)C(=O)N(Cc3ccco3)C2c2cccc(OCc3ccccc3)c2)c1. The summed E-state index contributed by atoms with van der Waals surface area (Å²) < 4.78 is 16.7. The van der Waals surface area contributed by atoms with Crippen LogP contribution in [0.2, 0.25) is 0 Å². The number of likely N-dealkylation sites (tertiary alicyclic amines) is 1. The maximum atomic E-state index is 13.3. The molecule has 2 heterocycles. The Morgan fingerprint density at radius 2 is 1.70 bits per heavy atom. The van der Waals surface area contributed by atoms with Crippen molar-refractivity contribution in [1.82, 2.24) is 4.90 Å². The number of hydrogen-bond acceptors (Lipinski definition) is 6. The Bertz CT molecular complexity index is 1440. The van der Waals surface area contributed by atoms with Crippen molar-refractivity contribution >= 4 is 17.4 Å². The maximum Gasteiger partial charge on any atom is 0.296 e. The molecule has 0 radical (unpaired) electrons. The Balaban J connectivity index is 1.56. The average molecular weight is 496 g/mol. The van der Waals surface area contributed by atoms with Gasteiger partial charge in [-0.05, 0) is 47.5 Å². The molecule has 1 amide bonds. The average Bonchev–Trinajstić information content (AvgIpc) is 3.54. The van der Waals surface area contributed by atoms with Gasteiger partial charge in [0.1, 0.15) is 29.6 Å². The van der Waals surface area contributed by atoms with Crippen LogP contribution in [0.15, 0.2) is 107 Å². The molecule has 7 heteroatoms. The number of hydrogen-bond donors (Lipinski definition) is 1. The molecule has 186 valence electrons. The quantitative estimate of drug-likeness (QED) is 0.198. The Morgan fingerprint density at radius 1 is 0.919 bits per heavy atom. The number of furan rings is 1. The number of Topliss-reactive ketones (excluding diaryl/α,β-unsaturated/α-hetero) is 1. The molecule has 4 aromatic rings. The van der Waals surface area contributed by atoms with Crippen LogP contribution >= 0.6 is 0 Å². The largest absolute Gasteiger partial charge is 0.507 e. The van der Waals surface area contributed by atoms with Crippen molar-refractivity contribution in [3.8, 4) is 11.5 Å². The fourth-order valence-corrected chi connectivity index (χ4v) is 4.40.